The van der Waals surface area contributed by atoms with E-state index in [1.54, 1.807) is 0 Å². The molecule has 0 heterocycles. The fourth-order valence-corrected chi connectivity index (χ4v) is 9.91. The molecule has 5 aliphatic rings. The minimum Gasteiger partial charge on any atom is -0.481 e. The van der Waals surface area contributed by atoms with E-state index in [0.29, 0.717) is 12.8 Å². The summed E-state index contributed by atoms with van der Waals surface area (Å²) in [4.78, 5) is 39.6. The van der Waals surface area contributed by atoms with Crippen LogP contribution in [0.1, 0.15) is 93.4 Å². The molecule has 5 aliphatic carbocycles. The first-order valence-electron chi connectivity index (χ1n) is 13.7. The molecule has 194 valence electrons. The van der Waals surface area contributed by atoms with Crippen molar-refractivity contribution in [3.8, 4) is 6.07 Å². The molecule has 1 unspecified atom stereocenters. The van der Waals surface area contributed by atoms with Crippen molar-refractivity contribution in [1.82, 2.24) is 0 Å². The number of allylic oxidation sites excluding steroid dienone is 4. The number of nitrogens with zero attached hydrogens (tertiary/aromatic N) is 1. The SMILES string of the molecule is CC1(C)C(=O)C(C#N)=C[C@]2(C)C3=CC(=O)C4[C@@H]5C[C@@](C)(C(=O)O)CC[C@]5(C)CC[C@@]4(C)[C@]3(C)CC[C@@H]12. The molecule has 0 saturated heterocycles. The number of carbonyl (C=O) groups is 3. The third-order valence-electron chi connectivity index (χ3n) is 12.6. The highest BCUT2D eigenvalue weighted by Gasteiger charge is 2.69. The lowest BCUT2D eigenvalue weighted by Gasteiger charge is -2.69. The minimum atomic E-state index is -0.796. The highest BCUT2D eigenvalue weighted by molar-refractivity contribution is 6.04. The van der Waals surface area contributed by atoms with Crippen LogP contribution in [0.15, 0.2) is 23.3 Å². The van der Waals surface area contributed by atoms with Crippen LogP contribution in [0.4, 0.5) is 0 Å². The lowest BCUT2D eigenvalue weighted by atomic mass is 9.34. The Morgan fingerprint density at radius 3 is 2.25 bits per heavy atom. The van der Waals surface area contributed by atoms with Gasteiger partial charge in [-0.1, -0.05) is 53.2 Å². The molecule has 8 atom stereocenters. The molecule has 3 saturated carbocycles. The Balaban J connectivity index is 1.68. The molecule has 36 heavy (non-hydrogen) atoms. The van der Waals surface area contributed by atoms with Gasteiger partial charge in [0.15, 0.2) is 11.6 Å². The zero-order valence-electron chi connectivity index (χ0n) is 23.0. The fourth-order valence-electron chi connectivity index (χ4n) is 9.91. The highest BCUT2D eigenvalue weighted by atomic mass is 16.4. The summed E-state index contributed by atoms with van der Waals surface area (Å²) < 4.78 is 0. The molecule has 0 aromatic heterocycles. The van der Waals surface area contributed by atoms with Crippen molar-refractivity contribution in [2.75, 3.05) is 0 Å². The van der Waals surface area contributed by atoms with Gasteiger partial charge in [-0.3, -0.25) is 14.4 Å². The second-order valence-corrected chi connectivity index (χ2v) is 14.6. The average molecular weight is 492 g/mol. The molecule has 0 spiro atoms. The Labute approximate surface area is 215 Å². The summed E-state index contributed by atoms with van der Waals surface area (Å²) in [6, 6.07) is 2.16. The number of nitriles is 1. The van der Waals surface area contributed by atoms with Crippen LogP contribution in [0.25, 0.3) is 0 Å². The zero-order chi connectivity index (χ0) is 26.7. The first kappa shape index (κ1) is 25.4. The van der Waals surface area contributed by atoms with E-state index in [0.717, 1.165) is 37.7 Å². The van der Waals surface area contributed by atoms with Gasteiger partial charge >= 0.3 is 5.97 Å². The summed E-state index contributed by atoms with van der Waals surface area (Å²) in [6.45, 7) is 14.8. The molecule has 1 N–H and O–H groups in total. The Morgan fingerprint density at radius 1 is 1.00 bits per heavy atom. The summed E-state index contributed by atoms with van der Waals surface area (Å²) in [5.41, 5.74) is -1.29. The van der Waals surface area contributed by atoms with Crippen molar-refractivity contribution in [2.24, 2.45) is 50.2 Å². The summed E-state index contributed by atoms with van der Waals surface area (Å²) in [7, 11) is 0. The topological polar surface area (TPSA) is 95.2 Å². The van der Waals surface area contributed by atoms with E-state index in [2.05, 4.69) is 33.8 Å². The molecular formula is C31H41NO4. The van der Waals surface area contributed by atoms with Crippen LogP contribution < -0.4 is 0 Å². The number of carboxylic acid groups (broad SMARTS) is 1. The van der Waals surface area contributed by atoms with Crippen molar-refractivity contribution < 1.29 is 19.5 Å². The van der Waals surface area contributed by atoms with Crippen LogP contribution in [0.3, 0.4) is 0 Å². The van der Waals surface area contributed by atoms with Gasteiger partial charge in [-0.05, 0) is 86.0 Å². The van der Waals surface area contributed by atoms with Gasteiger partial charge in [0, 0.05) is 16.7 Å². The molecule has 5 rings (SSSR count). The number of ketones is 2. The van der Waals surface area contributed by atoms with E-state index in [-0.39, 0.29) is 51.1 Å². The van der Waals surface area contributed by atoms with E-state index in [1.165, 1.54) is 0 Å². The van der Waals surface area contributed by atoms with Crippen LogP contribution in [-0.2, 0) is 14.4 Å². The van der Waals surface area contributed by atoms with Gasteiger partial charge in [-0.25, -0.2) is 0 Å². The van der Waals surface area contributed by atoms with Gasteiger partial charge in [0.2, 0.25) is 0 Å². The summed E-state index contributed by atoms with van der Waals surface area (Å²) in [6.07, 6.45) is 9.51. The number of carboxylic acids is 1. The number of hydrogen-bond acceptors (Lipinski definition) is 4. The molecular weight excluding hydrogens is 450 g/mol. The van der Waals surface area contributed by atoms with Crippen molar-refractivity contribution in [3.05, 3.63) is 23.3 Å². The van der Waals surface area contributed by atoms with Gasteiger partial charge in [-0.15, -0.1) is 0 Å². The quantitative estimate of drug-likeness (QED) is 0.465. The number of carbonyl (C=O) groups excluding carboxylic acids is 2. The molecule has 0 radical (unpaired) electrons. The summed E-state index contributed by atoms with van der Waals surface area (Å²) >= 11 is 0. The predicted octanol–water partition coefficient (Wildman–Crippen LogP) is 6.29. The predicted molar refractivity (Wildman–Crippen MR) is 137 cm³/mol. The number of rotatable bonds is 1. The lowest BCUT2D eigenvalue weighted by molar-refractivity contribution is -0.178. The maximum absolute atomic E-state index is 14.2. The van der Waals surface area contributed by atoms with Gasteiger partial charge in [0.05, 0.1) is 11.0 Å². The molecule has 0 aromatic carbocycles. The third kappa shape index (κ3) is 2.85. The maximum Gasteiger partial charge on any atom is 0.309 e. The summed E-state index contributed by atoms with van der Waals surface area (Å²) in [5.74, 6) is -0.861. The van der Waals surface area contributed by atoms with E-state index < -0.39 is 22.2 Å². The zero-order valence-corrected chi connectivity index (χ0v) is 23.0. The largest absolute Gasteiger partial charge is 0.481 e. The second kappa shape index (κ2) is 7.21. The second-order valence-electron chi connectivity index (χ2n) is 14.6. The van der Waals surface area contributed by atoms with Gasteiger partial charge in [-0.2, -0.15) is 5.26 Å². The van der Waals surface area contributed by atoms with Crippen LogP contribution in [0, 0.1) is 61.6 Å². The van der Waals surface area contributed by atoms with Gasteiger partial charge < -0.3 is 5.11 Å². The molecule has 5 heteroatoms. The molecule has 0 bridgehead atoms. The molecule has 5 nitrogen and oxygen atoms in total. The van der Waals surface area contributed by atoms with Crippen LogP contribution in [0.2, 0.25) is 0 Å². The van der Waals surface area contributed by atoms with Gasteiger partial charge in [0.1, 0.15) is 6.07 Å². The van der Waals surface area contributed by atoms with E-state index in [1.807, 2.05) is 32.9 Å². The fraction of sp³-hybridized carbons (Fsp3) is 0.742. The van der Waals surface area contributed by atoms with Crippen LogP contribution in [0.5, 0.6) is 0 Å². The van der Waals surface area contributed by atoms with Crippen molar-refractivity contribution in [1.29, 1.82) is 5.26 Å². The number of aliphatic carboxylic acids is 1. The van der Waals surface area contributed by atoms with E-state index in [9.17, 15) is 24.8 Å². The standard InChI is InChI=1S/C31H41NO4/c1-26(2)21-8-9-30(6)22(29(21,5)15-18(17-32)24(26)34)14-20(33)23-19-16-28(4,25(35)36)11-10-27(19,3)12-13-31(23,30)7/h14-15,19,21,23H,8-13,16H2,1-7H3,(H,35,36)/t19-,21-,23?,27+,28-,29-,30+,31+/m0/s1. The van der Waals surface area contributed by atoms with E-state index in [4.69, 9.17) is 0 Å². The van der Waals surface area contributed by atoms with Gasteiger partial charge in [0.25, 0.3) is 0 Å². The summed E-state index contributed by atoms with van der Waals surface area (Å²) in [5, 5.41) is 19.9. The van der Waals surface area contributed by atoms with Crippen molar-refractivity contribution in [2.45, 2.75) is 93.4 Å². The minimum absolute atomic E-state index is 0.0231. The van der Waals surface area contributed by atoms with Crippen molar-refractivity contribution >= 4 is 17.5 Å². The number of hydrogen-bond donors (Lipinski definition) is 1. The maximum atomic E-state index is 14.2. The Hall–Kier alpha value is -2.22. The smallest absolute Gasteiger partial charge is 0.309 e. The first-order chi connectivity index (χ1) is 16.5. The third-order valence-corrected chi connectivity index (χ3v) is 12.6. The van der Waals surface area contributed by atoms with Crippen LogP contribution >= 0.6 is 0 Å². The van der Waals surface area contributed by atoms with Crippen LogP contribution in [-0.4, -0.2) is 22.6 Å². The number of fused-ring (bicyclic) bond motifs is 7. The Bertz CT molecular complexity index is 1190. The average Bonchev–Trinajstić information content (AvgIpc) is 2.79. The highest BCUT2D eigenvalue weighted by Crippen LogP contribution is 2.74. The first-order valence-corrected chi connectivity index (χ1v) is 13.7. The molecule has 0 amide bonds. The molecule has 0 aromatic rings. The Morgan fingerprint density at radius 2 is 1.64 bits per heavy atom. The molecule has 3 fully saturated rings. The normalized spacial score (nSPS) is 49.3. The number of Topliss-reactive ketones (excluding diaryl/α,β-unsaturated/α-hetero) is 1. The monoisotopic (exact) mass is 491 g/mol. The molecule has 0 aliphatic heterocycles. The Kier molecular flexibility index (Phi) is 5.09. The van der Waals surface area contributed by atoms with Crippen molar-refractivity contribution in [3.63, 3.8) is 0 Å². The van der Waals surface area contributed by atoms with E-state index >= 15 is 0 Å². The lowest BCUT2D eigenvalue weighted by Crippen LogP contribution is -2.64.